The van der Waals surface area contributed by atoms with Gasteiger partial charge in [0, 0.05) is 14.1 Å². The highest BCUT2D eigenvalue weighted by molar-refractivity contribution is 8.09. The Morgan fingerprint density at radius 1 is 1.35 bits per heavy atom. The van der Waals surface area contributed by atoms with E-state index < -0.39 is 42.8 Å². The Balaban J connectivity index is 1.58. The average Bonchev–Trinajstić information content (AvgIpc) is 3.40. The summed E-state index contributed by atoms with van der Waals surface area (Å²) >= 11 is 5.70. The van der Waals surface area contributed by atoms with Gasteiger partial charge in [-0.3, -0.25) is 9.36 Å². The number of fused-ring (bicyclic) bond motifs is 1. The van der Waals surface area contributed by atoms with E-state index in [1.54, 1.807) is 49.9 Å². The number of aryl methyl sites for hydroxylation is 1. The number of aliphatic hydroxyl groups is 1. The van der Waals surface area contributed by atoms with Crippen molar-refractivity contribution in [2.45, 2.75) is 57.8 Å². The highest BCUT2D eigenvalue weighted by Crippen LogP contribution is 2.48. The number of rotatable bonds is 11. The van der Waals surface area contributed by atoms with Crippen molar-refractivity contribution in [1.29, 1.82) is 0 Å². The average molecular weight is 597 g/mol. The number of halogens is 1. The zero-order chi connectivity index (χ0) is 29.2. The van der Waals surface area contributed by atoms with Crippen LogP contribution >= 0.6 is 6.64 Å². The third kappa shape index (κ3) is 6.27. The fourth-order valence-electron chi connectivity index (χ4n) is 4.28. The highest BCUT2D eigenvalue weighted by Gasteiger charge is 2.56. The lowest BCUT2D eigenvalue weighted by Crippen LogP contribution is -2.41. The standard InChI is InChI=1S/C25H34FN6O6PS/c1-7-35-23(34)15(2)30-39(40,38-17-11-9-8-10-12-17)36-13-18-20(33)25(4,26)24(37-18)32-14-27-19-21(31(5)6)28-16(3)29-22(19)32/h8-12,14-15,18,20,24,33H,7,13H2,1-6H3,(H,30,40)/t15-,18-,20-,24-,25-,39-/m1/s1. The van der Waals surface area contributed by atoms with E-state index in [0.29, 0.717) is 28.6 Å². The van der Waals surface area contributed by atoms with Crippen LogP contribution in [0.25, 0.3) is 11.2 Å². The third-order valence-corrected chi connectivity index (χ3v) is 8.78. The Kier molecular flexibility index (Phi) is 9.08. The van der Waals surface area contributed by atoms with Crippen LogP contribution in [-0.4, -0.2) is 81.8 Å². The van der Waals surface area contributed by atoms with Gasteiger partial charge in [0.15, 0.2) is 28.9 Å². The summed E-state index contributed by atoms with van der Waals surface area (Å²) in [6.07, 6.45) is -2.58. The first kappa shape index (κ1) is 30.2. The van der Waals surface area contributed by atoms with Crippen molar-refractivity contribution in [3.05, 3.63) is 42.5 Å². The molecule has 0 radical (unpaired) electrons. The lowest BCUT2D eigenvalue weighted by atomic mass is 9.98. The smallest absolute Gasteiger partial charge is 0.323 e. The van der Waals surface area contributed by atoms with Crippen LogP contribution in [0.4, 0.5) is 10.2 Å². The number of imidazole rings is 1. The van der Waals surface area contributed by atoms with Gasteiger partial charge in [0.2, 0.25) is 0 Å². The van der Waals surface area contributed by atoms with E-state index in [2.05, 4.69) is 20.0 Å². The largest absolute Gasteiger partial charge is 0.465 e. The van der Waals surface area contributed by atoms with Crippen LogP contribution in [0, 0.1) is 6.92 Å². The molecule has 1 aliphatic heterocycles. The number of hydrogen-bond acceptors (Lipinski definition) is 11. The van der Waals surface area contributed by atoms with Gasteiger partial charge in [0.1, 0.15) is 29.8 Å². The van der Waals surface area contributed by atoms with Crippen molar-refractivity contribution in [3.8, 4) is 5.75 Å². The van der Waals surface area contributed by atoms with E-state index in [0.717, 1.165) is 0 Å². The van der Waals surface area contributed by atoms with Gasteiger partial charge >= 0.3 is 12.6 Å². The van der Waals surface area contributed by atoms with Gasteiger partial charge in [0.25, 0.3) is 0 Å². The number of benzene rings is 1. The van der Waals surface area contributed by atoms with Crippen LogP contribution < -0.4 is 14.5 Å². The summed E-state index contributed by atoms with van der Waals surface area (Å²) in [5, 5.41) is 13.9. The summed E-state index contributed by atoms with van der Waals surface area (Å²) in [6, 6.07) is 7.85. The van der Waals surface area contributed by atoms with Crippen molar-refractivity contribution < 1.29 is 32.8 Å². The fraction of sp³-hybridized carbons (Fsp3) is 0.520. The zero-order valence-electron chi connectivity index (χ0n) is 23.1. The molecule has 12 nitrogen and oxygen atoms in total. The van der Waals surface area contributed by atoms with Crippen molar-refractivity contribution >= 4 is 41.4 Å². The van der Waals surface area contributed by atoms with Crippen LogP contribution in [-0.2, 0) is 30.6 Å². The Morgan fingerprint density at radius 3 is 2.70 bits per heavy atom. The molecule has 1 saturated heterocycles. The summed E-state index contributed by atoms with van der Waals surface area (Å²) in [7, 11) is 3.64. The number of nitrogens with zero attached hydrogens (tertiary/aromatic N) is 5. The van der Waals surface area contributed by atoms with E-state index >= 15 is 4.39 Å². The number of para-hydroxylation sites is 1. The van der Waals surface area contributed by atoms with Crippen LogP contribution in [0.15, 0.2) is 36.7 Å². The molecule has 4 rings (SSSR count). The number of nitrogens with one attached hydrogen (secondary N) is 1. The molecule has 0 bridgehead atoms. The number of carbonyl (C=O) groups is 1. The molecule has 0 saturated carbocycles. The fourth-order valence-corrected chi connectivity index (χ4v) is 6.70. The van der Waals surface area contributed by atoms with Crippen molar-refractivity contribution in [2.24, 2.45) is 0 Å². The maximum atomic E-state index is 16.1. The maximum absolute atomic E-state index is 16.1. The molecular formula is C25H34FN6O6PS. The molecule has 0 amide bonds. The van der Waals surface area contributed by atoms with Gasteiger partial charge in [-0.25, -0.2) is 24.4 Å². The highest BCUT2D eigenvalue weighted by atomic mass is 32.5. The lowest BCUT2D eigenvalue weighted by Gasteiger charge is -2.28. The number of aromatic nitrogens is 4. The van der Waals surface area contributed by atoms with Gasteiger partial charge in [-0.1, -0.05) is 18.2 Å². The summed E-state index contributed by atoms with van der Waals surface area (Å²) in [5.41, 5.74) is -1.41. The molecule has 40 heavy (non-hydrogen) atoms. The minimum atomic E-state index is -3.42. The lowest BCUT2D eigenvalue weighted by molar-refractivity contribution is -0.144. The molecular weight excluding hydrogens is 562 g/mol. The predicted octanol–water partition coefficient (Wildman–Crippen LogP) is 3.05. The first-order chi connectivity index (χ1) is 18.9. The molecule has 2 aromatic heterocycles. The van der Waals surface area contributed by atoms with Gasteiger partial charge in [-0.15, -0.1) is 0 Å². The molecule has 0 aliphatic carbocycles. The number of ether oxygens (including phenoxy) is 2. The van der Waals surface area contributed by atoms with Gasteiger partial charge in [0.05, 0.1) is 19.5 Å². The van der Waals surface area contributed by atoms with E-state index in [4.69, 9.17) is 30.3 Å². The minimum absolute atomic E-state index is 0.191. The number of alkyl halides is 1. The molecule has 1 aliphatic rings. The van der Waals surface area contributed by atoms with E-state index in [9.17, 15) is 9.90 Å². The van der Waals surface area contributed by atoms with Crippen LogP contribution in [0.2, 0.25) is 0 Å². The topological polar surface area (TPSA) is 133 Å². The van der Waals surface area contributed by atoms with E-state index in [1.165, 1.54) is 17.8 Å². The number of hydrogen-bond donors (Lipinski definition) is 2. The van der Waals surface area contributed by atoms with Crippen LogP contribution in [0.3, 0.4) is 0 Å². The SMILES string of the molecule is CCOC(=O)[C@@H](C)N[P@@](=S)(OC[C@H]1O[C@@H](n2cnc3c(N(C)C)nc(C)nc32)[C@](C)(F)[C@@H]1O)Oc1ccccc1. The number of aliphatic hydroxyl groups excluding tert-OH is 1. The number of carbonyl (C=O) groups excluding carboxylic acids is 1. The Labute approximate surface area is 237 Å². The first-order valence-electron chi connectivity index (χ1n) is 12.7. The van der Waals surface area contributed by atoms with E-state index in [-0.39, 0.29) is 13.2 Å². The molecule has 1 aromatic carbocycles. The zero-order valence-corrected chi connectivity index (χ0v) is 24.9. The van der Waals surface area contributed by atoms with E-state index in [1.807, 2.05) is 20.2 Å². The number of anilines is 1. The summed E-state index contributed by atoms with van der Waals surface area (Å²) in [5.74, 6) is 0.914. The molecule has 2 N–H and O–H groups in total. The molecule has 0 unspecified atom stereocenters. The quantitative estimate of drug-likeness (QED) is 0.249. The minimum Gasteiger partial charge on any atom is -0.465 e. The normalized spacial score (nSPS) is 24.9. The Morgan fingerprint density at radius 2 is 2.05 bits per heavy atom. The molecule has 3 heterocycles. The van der Waals surface area contributed by atoms with Crippen LogP contribution in [0.1, 0.15) is 32.8 Å². The second-order valence-corrected chi connectivity index (χ2v) is 12.9. The van der Waals surface area contributed by atoms with Gasteiger partial charge < -0.3 is 28.5 Å². The van der Waals surface area contributed by atoms with Crippen molar-refractivity contribution in [3.63, 3.8) is 0 Å². The molecule has 15 heteroatoms. The van der Waals surface area contributed by atoms with Crippen molar-refractivity contribution in [1.82, 2.24) is 24.6 Å². The summed E-state index contributed by atoms with van der Waals surface area (Å²) < 4.78 is 40.6. The molecule has 1 fully saturated rings. The summed E-state index contributed by atoms with van der Waals surface area (Å²) in [4.78, 5) is 27.3. The Bertz CT molecular complexity index is 1390. The number of esters is 1. The first-order valence-corrected chi connectivity index (χ1v) is 15.3. The summed E-state index contributed by atoms with van der Waals surface area (Å²) in [6.45, 7) is 2.68. The Hall–Kier alpha value is -2.74. The van der Waals surface area contributed by atoms with Gasteiger partial charge in [-0.05, 0) is 51.6 Å². The molecule has 6 atom stereocenters. The molecule has 218 valence electrons. The molecule has 0 spiro atoms. The second-order valence-electron chi connectivity index (χ2n) is 9.74. The van der Waals surface area contributed by atoms with Gasteiger partial charge in [-0.2, -0.15) is 0 Å². The second kappa shape index (κ2) is 12.0. The maximum Gasteiger partial charge on any atom is 0.323 e. The monoisotopic (exact) mass is 596 g/mol. The third-order valence-electron chi connectivity index (χ3n) is 6.28. The van der Waals surface area contributed by atoms with Crippen molar-refractivity contribution in [2.75, 3.05) is 32.2 Å². The molecule has 3 aromatic rings. The predicted molar refractivity (Wildman–Crippen MR) is 150 cm³/mol. The van der Waals surface area contributed by atoms with Crippen LogP contribution in [0.5, 0.6) is 5.75 Å².